The van der Waals surface area contributed by atoms with E-state index < -0.39 is 0 Å². The Labute approximate surface area is 123 Å². The van der Waals surface area contributed by atoms with Crippen molar-refractivity contribution in [3.05, 3.63) is 48.2 Å². The number of thiocarbonyl (C=S) groups is 1. The largest absolute Gasteiger partial charge is 0.497 e. The van der Waals surface area contributed by atoms with Gasteiger partial charge in [0.25, 0.3) is 5.91 Å². The van der Waals surface area contributed by atoms with Gasteiger partial charge in [0.1, 0.15) is 11.4 Å². The maximum Gasteiger partial charge on any atom is 0.277 e. The average Bonchev–Trinajstić information content (AvgIpc) is 2.66. The normalized spacial score (nSPS) is 17.0. The fourth-order valence-corrected chi connectivity index (χ4v) is 2.22. The van der Waals surface area contributed by atoms with Gasteiger partial charge in [-0.05, 0) is 36.0 Å². The molecule has 0 aromatic heterocycles. The first-order valence-corrected chi connectivity index (χ1v) is 6.55. The second-order valence-electron chi connectivity index (χ2n) is 4.35. The van der Waals surface area contributed by atoms with E-state index >= 15 is 0 Å². The quantitative estimate of drug-likeness (QED) is 0.483. The van der Waals surface area contributed by atoms with Crippen LogP contribution in [-0.4, -0.2) is 41.5 Å². The summed E-state index contributed by atoms with van der Waals surface area (Å²) in [6.45, 7) is 4.06. The Hall–Kier alpha value is -2.14. The van der Waals surface area contributed by atoms with Gasteiger partial charge in [-0.3, -0.25) is 9.69 Å². The molecule has 0 atom stereocenters. The highest BCUT2D eigenvalue weighted by Crippen LogP contribution is 2.22. The summed E-state index contributed by atoms with van der Waals surface area (Å²) in [5.74, 6) is 0.676. The van der Waals surface area contributed by atoms with E-state index in [4.69, 9.17) is 17.0 Å². The van der Waals surface area contributed by atoms with Crippen molar-refractivity contribution < 1.29 is 9.53 Å². The topological polar surface area (TPSA) is 32.8 Å². The Morgan fingerprint density at radius 1 is 1.35 bits per heavy atom. The zero-order valence-corrected chi connectivity index (χ0v) is 12.3. The Balaban J connectivity index is 2.30. The molecule has 0 aliphatic carbocycles. The van der Waals surface area contributed by atoms with Gasteiger partial charge in [0.05, 0.1) is 7.11 Å². The van der Waals surface area contributed by atoms with E-state index in [0.29, 0.717) is 17.4 Å². The number of ether oxygens (including phenoxy) is 1. The number of hydrogen-bond donors (Lipinski definition) is 0. The van der Waals surface area contributed by atoms with E-state index in [1.807, 2.05) is 30.3 Å². The zero-order valence-electron chi connectivity index (χ0n) is 11.5. The molecular formula is C15H16N2O2S. The second kappa shape index (κ2) is 5.88. The van der Waals surface area contributed by atoms with Gasteiger partial charge in [-0.15, -0.1) is 6.58 Å². The molecule has 0 radical (unpaired) electrons. The van der Waals surface area contributed by atoms with Gasteiger partial charge in [0.2, 0.25) is 0 Å². The Morgan fingerprint density at radius 3 is 2.55 bits per heavy atom. The first-order chi connectivity index (χ1) is 9.58. The molecule has 4 nitrogen and oxygen atoms in total. The number of rotatable bonds is 4. The molecule has 104 valence electrons. The van der Waals surface area contributed by atoms with Gasteiger partial charge in [-0.2, -0.15) is 0 Å². The first-order valence-electron chi connectivity index (χ1n) is 6.14. The van der Waals surface area contributed by atoms with Crippen molar-refractivity contribution in [1.29, 1.82) is 0 Å². The standard InChI is InChI=1S/C15H16N2O2S/c1-4-9-17-14(18)13(16(2)15(17)20)10-11-5-7-12(19-3)8-6-11/h4-8,10H,1,9H2,2-3H3. The molecule has 2 rings (SSSR count). The average molecular weight is 288 g/mol. The van der Waals surface area contributed by atoms with Crippen LogP contribution >= 0.6 is 12.2 Å². The van der Waals surface area contributed by atoms with Gasteiger partial charge < -0.3 is 9.64 Å². The number of nitrogens with zero attached hydrogens (tertiary/aromatic N) is 2. The summed E-state index contributed by atoms with van der Waals surface area (Å²) in [6, 6.07) is 7.50. The summed E-state index contributed by atoms with van der Waals surface area (Å²) >= 11 is 5.26. The van der Waals surface area contributed by atoms with Crippen molar-refractivity contribution in [3.63, 3.8) is 0 Å². The van der Waals surface area contributed by atoms with Crippen LogP contribution in [0.4, 0.5) is 0 Å². The van der Waals surface area contributed by atoms with E-state index in [-0.39, 0.29) is 5.91 Å². The van der Waals surface area contributed by atoms with Crippen LogP contribution in [-0.2, 0) is 4.79 Å². The summed E-state index contributed by atoms with van der Waals surface area (Å²) in [5, 5.41) is 0.495. The summed E-state index contributed by atoms with van der Waals surface area (Å²) < 4.78 is 5.11. The molecular weight excluding hydrogens is 272 g/mol. The lowest BCUT2D eigenvalue weighted by molar-refractivity contribution is -0.122. The van der Waals surface area contributed by atoms with Crippen molar-refractivity contribution >= 4 is 29.3 Å². The molecule has 0 bridgehead atoms. The zero-order chi connectivity index (χ0) is 14.7. The summed E-state index contributed by atoms with van der Waals surface area (Å²) in [5.41, 5.74) is 1.48. The lowest BCUT2D eigenvalue weighted by atomic mass is 10.2. The van der Waals surface area contributed by atoms with Crippen molar-refractivity contribution in [3.8, 4) is 5.75 Å². The van der Waals surface area contributed by atoms with E-state index in [1.54, 1.807) is 25.1 Å². The molecule has 1 fully saturated rings. The van der Waals surface area contributed by atoms with Crippen LogP contribution in [0, 0.1) is 0 Å². The van der Waals surface area contributed by atoms with Crippen molar-refractivity contribution in [2.45, 2.75) is 0 Å². The van der Waals surface area contributed by atoms with Gasteiger partial charge in [0, 0.05) is 13.6 Å². The minimum Gasteiger partial charge on any atom is -0.497 e. The number of hydrogen-bond acceptors (Lipinski definition) is 3. The lowest BCUT2D eigenvalue weighted by Gasteiger charge is -2.13. The third-order valence-corrected chi connectivity index (χ3v) is 3.57. The van der Waals surface area contributed by atoms with Crippen LogP contribution < -0.4 is 4.74 Å². The van der Waals surface area contributed by atoms with Crippen LogP contribution in [0.25, 0.3) is 6.08 Å². The molecule has 0 unspecified atom stereocenters. The SMILES string of the molecule is C=CCN1C(=O)C(=Cc2ccc(OC)cc2)N(C)C1=S. The predicted molar refractivity (Wildman–Crippen MR) is 83.2 cm³/mol. The monoisotopic (exact) mass is 288 g/mol. The first kappa shape index (κ1) is 14.3. The van der Waals surface area contributed by atoms with Crippen molar-refractivity contribution in [1.82, 2.24) is 9.80 Å². The number of amides is 1. The Morgan fingerprint density at radius 2 is 2.00 bits per heavy atom. The summed E-state index contributed by atoms with van der Waals surface area (Å²) in [6.07, 6.45) is 3.48. The fraction of sp³-hybridized carbons (Fsp3) is 0.200. The summed E-state index contributed by atoms with van der Waals surface area (Å²) in [7, 11) is 3.41. The third kappa shape index (κ3) is 2.58. The number of carbonyl (C=O) groups excluding carboxylic acids is 1. The number of benzene rings is 1. The smallest absolute Gasteiger partial charge is 0.277 e. The van der Waals surface area contributed by atoms with E-state index in [0.717, 1.165) is 11.3 Å². The highest BCUT2D eigenvalue weighted by Gasteiger charge is 2.34. The molecule has 1 saturated heterocycles. The van der Waals surface area contributed by atoms with E-state index in [1.165, 1.54) is 4.90 Å². The highest BCUT2D eigenvalue weighted by molar-refractivity contribution is 7.80. The van der Waals surface area contributed by atoms with Crippen molar-refractivity contribution in [2.24, 2.45) is 0 Å². The van der Waals surface area contributed by atoms with Crippen molar-refractivity contribution in [2.75, 3.05) is 20.7 Å². The van der Waals surface area contributed by atoms with Crippen LogP contribution in [0.15, 0.2) is 42.6 Å². The van der Waals surface area contributed by atoms with Gasteiger partial charge in [0.15, 0.2) is 5.11 Å². The molecule has 1 amide bonds. The van der Waals surface area contributed by atoms with Gasteiger partial charge >= 0.3 is 0 Å². The molecule has 20 heavy (non-hydrogen) atoms. The Kier molecular flexibility index (Phi) is 4.20. The fourth-order valence-electron chi connectivity index (χ4n) is 1.96. The van der Waals surface area contributed by atoms with Crippen LogP contribution in [0.1, 0.15) is 5.56 Å². The number of methoxy groups -OCH3 is 1. The maximum absolute atomic E-state index is 12.3. The van der Waals surface area contributed by atoms with Gasteiger partial charge in [-0.1, -0.05) is 18.2 Å². The second-order valence-corrected chi connectivity index (χ2v) is 4.71. The van der Waals surface area contributed by atoms with E-state index in [9.17, 15) is 4.79 Å². The molecule has 0 spiro atoms. The van der Waals surface area contributed by atoms with Crippen LogP contribution in [0.5, 0.6) is 5.75 Å². The number of carbonyl (C=O) groups is 1. The highest BCUT2D eigenvalue weighted by atomic mass is 32.1. The van der Waals surface area contributed by atoms with Gasteiger partial charge in [-0.25, -0.2) is 0 Å². The molecule has 1 aliphatic heterocycles. The minimum atomic E-state index is -0.104. The molecule has 0 saturated carbocycles. The lowest BCUT2D eigenvalue weighted by Crippen LogP contribution is -2.31. The molecule has 0 N–H and O–H groups in total. The third-order valence-electron chi connectivity index (χ3n) is 3.07. The molecule has 1 aromatic rings. The molecule has 1 heterocycles. The molecule has 1 aromatic carbocycles. The maximum atomic E-state index is 12.3. The van der Waals surface area contributed by atoms with Crippen LogP contribution in [0.2, 0.25) is 0 Å². The molecule has 5 heteroatoms. The minimum absolute atomic E-state index is 0.104. The van der Waals surface area contributed by atoms with E-state index in [2.05, 4.69) is 6.58 Å². The predicted octanol–water partition coefficient (Wildman–Crippen LogP) is 2.28. The van der Waals surface area contributed by atoms with Crippen LogP contribution in [0.3, 0.4) is 0 Å². The number of likely N-dealkylation sites (N-methyl/N-ethyl adjacent to an activating group) is 1. The molecule has 1 aliphatic rings. The Bertz CT molecular complexity index is 578. The summed E-state index contributed by atoms with van der Waals surface area (Å²) in [4.78, 5) is 15.5.